The molecule has 2 N–H and O–H groups in total. The van der Waals surface area contributed by atoms with Crippen molar-refractivity contribution in [1.82, 2.24) is 10.2 Å². The maximum absolute atomic E-state index is 11.4. The lowest BCUT2D eigenvalue weighted by Gasteiger charge is -2.44. The second-order valence-electron chi connectivity index (χ2n) is 3.95. The molecule has 0 unspecified atom stereocenters. The number of amides is 1. The number of aliphatic hydroxyl groups is 1. The van der Waals surface area contributed by atoms with Gasteiger partial charge in [0.25, 0.3) is 0 Å². The molecule has 0 radical (unpaired) electrons. The summed E-state index contributed by atoms with van der Waals surface area (Å²) >= 11 is 0. The molecule has 0 aliphatic carbocycles. The van der Waals surface area contributed by atoms with Crippen molar-refractivity contribution in [3.8, 4) is 0 Å². The van der Waals surface area contributed by atoms with E-state index in [1.165, 1.54) is 0 Å². The van der Waals surface area contributed by atoms with Crippen LogP contribution in [0.25, 0.3) is 0 Å². The van der Waals surface area contributed by atoms with E-state index >= 15 is 0 Å². The van der Waals surface area contributed by atoms with Gasteiger partial charge in [0, 0.05) is 6.42 Å². The van der Waals surface area contributed by atoms with Crippen LogP contribution in [0.1, 0.15) is 19.8 Å². The molecule has 1 aliphatic rings. The SMILES string of the molecule is CNCCCC(=O)N1CC(C)(O)C1. The Morgan fingerprint density at radius 1 is 1.62 bits per heavy atom. The van der Waals surface area contributed by atoms with Crippen molar-refractivity contribution < 1.29 is 9.90 Å². The largest absolute Gasteiger partial charge is 0.386 e. The molecular formula is C9H18N2O2. The highest BCUT2D eigenvalue weighted by Gasteiger charge is 2.38. The van der Waals surface area contributed by atoms with Crippen molar-refractivity contribution in [2.75, 3.05) is 26.7 Å². The van der Waals surface area contributed by atoms with E-state index in [9.17, 15) is 9.90 Å². The van der Waals surface area contributed by atoms with Crippen molar-refractivity contribution in [1.29, 1.82) is 0 Å². The van der Waals surface area contributed by atoms with Crippen LogP contribution in [0.15, 0.2) is 0 Å². The first-order chi connectivity index (χ1) is 6.05. The lowest BCUT2D eigenvalue weighted by Crippen LogP contribution is -2.61. The summed E-state index contributed by atoms with van der Waals surface area (Å²) in [5.41, 5.74) is -0.640. The molecule has 1 heterocycles. The minimum Gasteiger partial charge on any atom is -0.386 e. The highest BCUT2D eigenvalue weighted by molar-refractivity contribution is 5.77. The normalized spacial score (nSPS) is 19.8. The Morgan fingerprint density at radius 3 is 2.69 bits per heavy atom. The third-order valence-electron chi connectivity index (χ3n) is 2.23. The number of carbonyl (C=O) groups excluding carboxylic acids is 1. The maximum Gasteiger partial charge on any atom is 0.222 e. The van der Waals surface area contributed by atoms with E-state index in [0.29, 0.717) is 19.5 Å². The summed E-state index contributed by atoms with van der Waals surface area (Å²) in [5.74, 6) is 0.154. The van der Waals surface area contributed by atoms with Gasteiger partial charge >= 0.3 is 0 Å². The quantitative estimate of drug-likeness (QED) is 0.586. The van der Waals surface area contributed by atoms with E-state index in [1.807, 2.05) is 7.05 Å². The Bertz CT molecular complexity index is 184. The van der Waals surface area contributed by atoms with E-state index in [2.05, 4.69) is 5.32 Å². The molecule has 0 bridgehead atoms. The van der Waals surface area contributed by atoms with Crippen LogP contribution in [0.3, 0.4) is 0 Å². The van der Waals surface area contributed by atoms with Gasteiger partial charge < -0.3 is 15.3 Å². The molecule has 1 fully saturated rings. The highest BCUT2D eigenvalue weighted by atomic mass is 16.3. The lowest BCUT2D eigenvalue weighted by molar-refractivity contribution is -0.152. The predicted octanol–water partition coefficient (Wildman–Crippen LogP) is -0.421. The minimum atomic E-state index is -0.640. The first-order valence-electron chi connectivity index (χ1n) is 4.70. The van der Waals surface area contributed by atoms with Gasteiger partial charge in [-0.15, -0.1) is 0 Å². The summed E-state index contributed by atoms with van der Waals surface area (Å²) in [7, 11) is 1.87. The van der Waals surface area contributed by atoms with Crippen molar-refractivity contribution in [3.63, 3.8) is 0 Å². The number of β-amino-alcohol motifs (C(OH)–C–C–N with tert-alkyl or cyclic N) is 1. The van der Waals surface area contributed by atoms with E-state index < -0.39 is 5.60 Å². The Balaban J connectivity index is 2.12. The zero-order chi connectivity index (χ0) is 9.90. The molecule has 1 aliphatic heterocycles. The minimum absolute atomic E-state index is 0.154. The van der Waals surface area contributed by atoms with E-state index in [4.69, 9.17) is 0 Å². The predicted molar refractivity (Wildman–Crippen MR) is 50.4 cm³/mol. The van der Waals surface area contributed by atoms with Crippen LogP contribution in [-0.2, 0) is 4.79 Å². The van der Waals surface area contributed by atoms with Crippen molar-refractivity contribution in [2.24, 2.45) is 0 Å². The fourth-order valence-corrected chi connectivity index (χ4v) is 1.53. The van der Waals surface area contributed by atoms with E-state index in [-0.39, 0.29) is 5.91 Å². The molecule has 0 aromatic rings. The van der Waals surface area contributed by atoms with Crippen molar-refractivity contribution in [3.05, 3.63) is 0 Å². The van der Waals surface area contributed by atoms with Crippen LogP contribution in [0.4, 0.5) is 0 Å². The molecular weight excluding hydrogens is 168 g/mol. The zero-order valence-corrected chi connectivity index (χ0v) is 8.34. The van der Waals surface area contributed by atoms with Crippen LogP contribution < -0.4 is 5.32 Å². The molecule has 0 aromatic carbocycles. The number of carbonyl (C=O) groups is 1. The zero-order valence-electron chi connectivity index (χ0n) is 8.34. The smallest absolute Gasteiger partial charge is 0.222 e. The molecule has 1 saturated heterocycles. The molecule has 0 atom stereocenters. The number of rotatable bonds is 4. The fourth-order valence-electron chi connectivity index (χ4n) is 1.53. The molecule has 4 heteroatoms. The standard InChI is InChI=1S/C9H18N2O2/c1-9(13)6-11(7-9)8(12)4-3-5-10-2/h10,13H,3-7H2,1-2H3. The summed E-state index contributed by atoms with van der Waals surface area (Å²) in [4.78, 5) is 13.1. The average Bonchev–Trinajstić information content (AvgIpc) is 2.00. The first-order valence-corrected chi connectivity index (χ1v) is 4.70. The molecule has 1 amide bonds. The Morgan fingerprint density at radius 2 is 2.23 bits per heavy atom. The van der Waals surface area contributed by atoms with Gasteiger partial charge in [-0.05, 0) is 26.9 Å². The molecule has 0 aromatic heterocycles. The van der Waals surface area contributed by atoms with Crippen molar-refractivity contribution in [2.45, 2.75) is 25.4 Å². The van der Waals surface area contributed by atoms with Crippen molar-refractivity contribution >= 4 is 5.91 Å². The van der Waals surface area contributed by atoms with E-state index in [0.717, 1.165) is 13.0 Å². The van der Waals surface area contributed by atoms with Crippen LogP contribution in [-0.4, -0.2) is 48.2 Å². The number of hydrogen-bond donors (Lipinski definition) is 2. The van der Waals surface area contributed by atoms with Gasteiger partial charge in [-0.3, -0.25) is 4.79 Å². The number of likely N-dealkylation sites (tertiary alicyclic amines) is 1. The Hall–Kier alpha value is -0.610. The molecule has 4 nitrogen and oxygen atoms in total. The number of nitrogens with zero attached hydrogens (tertiary/aromatic N) is 1. The number of hydrogen-bond acceptors (Lipinski definition) is 3. The third-order valence-corrected chi connectivity index (χ3v) is 2.23. The molecule has 0 saturated carbocycles. The second-order valence-corrected chi connectivity index (χ2v) is 3.95. The topological polar surface area (TPSA) is 52.6 Å². The van der Waals surface area contributed by atoms with Gasteiger partial charge in [-0.2, -0.15) is 0 Å². The van der Waals surface area contributed by atoms with Gasteiger partial charge in [0.2, 0.25) is 5.91 Å². The summed E-state index contributed by atoms with van der Waals surface area (Å²) < 4.78 is 0. The summed E-state index contributed by atoms with van der Waals surface area (Å²) in [6.07, 6.45) is 1.45. The summed E-state index contributed by atoms with van der Waals surface area (Å²) in [5, 5.41) is 12.4. The third kappa shape index (κ3) is 2.97. The van der Waals surface area contributed by atoms with Crippen LogP contribution in [0.2, 0.25) is 0 Å². The first kappa shape index (κ1) is 10.5. The van der Waals surface area contributed by atoms with Gasteiger partial charge in [-0.25, -0.2) is 0 Å². The van der Waals surface area contributed by atoms with Crippen LogP contribution >= 0.6 is 0 Å². The van der Waals surface area contributed by atoms with Gasteiger partial charge in [-0.1, -0.05) is 0 Å². The average molecular weight is 186 g/mol. The molecule has 0 spiro atoms. The maximum atomic E-state index is 11.4. The molecule has 76 valence electrons. The van der Waals surface area contributed by atoms with Gasteiger partial charge in [0.05, 0.1) is 18.7 Å². The summed E-state index contributed by atoms with van der Waals surface area (Å²) in [6.45, 7) is 3.61. The monoisotopic (exact) mass is 186 g/mol. The highest BCUT2D eigenvalue weighted by Crippen LogP contribution is 2.20. The van der Waals surface area contributed by atoms with Crippen LogP contribution in [0, 0.1) is 0 Å². The van der Waals surface area contributed by atoms with Gasteiger partial charge in [0.1, 0.15) is 0 Å². The molecule has 13 heavy (non-hydrogen) atoms. The summed E-state index contributed by atoms with van der Waals surface area (Å²) in [6, 6.07) is 0. The van der Waals surface area contributed by atoms with E-state index in [1.54, 1.807) is 11.8 Å². The fraction of sp³-hybridized carbons (Fsp3) is 0.889. The van der Waals surface area contributed by atoms with Gasteiger partial charge in [0.15, 0.2) is 0 Å². The lowest BCUT2D eigenvalue weighted by atomic mass is 9.96. The Kier molecular flexibility index (Phi) is 3.27. The Labute approximate surface area is 78.9 Å². The molecule has 1 rings (SSSR count). The second kappa shape index (κ2) is 4.07. The number of nitrogens with one attached hydrogen (secondary N) is 1. The van der Waals surface area contributed by atoms with Crippen LogP contribution in [0.5, 0.6) is 0 Å².